The molecule has 0 saturated heterocycles. The molecule has 0 aromatic heterocycles. The molecule has 0 heterocycles. The zero-order valence-electron chi connectivity index (χ0n) is 9.79. The lowest BCUT2D eigenvalue weighted by Gasteiger charge is -2.12. The second-order valence-electron chi connectivity index (χ2n) is 3.54. The number of halogens is 1. The van der Waals surface area contributed by atoms with Gasteiger partial charge in [0.1, 0.15) is 0 Å². The molecule has 6 nitrogen and oxygen atoms in total. The second kappa shape index (κ2) is 6.11. The van der Waals surface area contributed by atoms with E-state index in [0.29, 0.717) is 6.54 Å². The van der Waals surface area contributed by atoms with Gasteiger partial charge in [-0.1, -0.05) is 11.6 Å². The van der Waals surface area contributed by atoms with E-state index in [1.54, 1.807) is 6.92 Å². The molecule has 0 aliphatic rings. The van der Waals surface area contributed by atoms with E-state index in [1.165, 1.54) is 12.1 Å². The van der Waals surface area contributed by atoms with Gasteiger partial charge < -0.3 is 21.5 Å². The standard InChI is InChI=1S/C11H14ClN3O3/c1-2-14-9(16)5-15-10-7(11(17)18)3-6(13)4-8(10)12/h3-4,15H,2,5,13H2,1H3,(H,14,16)(H,17,18). The highest BCUT2D eigenvalue weighted by molar-refractivity contribution is 6.34. The number of likely N-dealkylation sites (N-methyl/N-ethyl adjacent to an activating group) is 1. The van der Waals surface area contributed by atoms with Crippen molar-refractivity contribution in [2.24, 2.45) is 0 Å². The van der Waals surface area contributed by atoms with Crippen molar-refractivity contribution in [1.29, 1.82) is 0 Å². The molecule has 5 N–H and O–H groups in total. The smallest absolute Gasteiger partial charge is 0.337 e. The molecule has 1 amide bonds. The number of nitrogen functional groups attached to an aromatic ring is 1. The lowest BCUT2D eigenvalue weighted by Crippen LogP contribution is -2.29. The average Bonchev–Trinajstić information content (AvgIpc) is 2.27. The first kappa shape index (κ1) is 14.1. The molecular weight excluding hydrogens is 258 g/mol. The van der Waals surface area contributed by atoms with Crippen molar-refractivity contribution in [3.05, 3.63) is 22.7 Å². The molecule has 7 heteroatoms. The molecule has 0 spiro atoms. The van der Waals surface area contributed by atoms with Gasteiger partial charge in [-0.05, 0) is 19.1 Å². The first-order valence-electron chi connectivity index (χ1n) is 5.28. The number of anilines is 2. The third-order valence-corrected chi connectivity index (χ3v) is 2.44. The largest absolute Gasteiger partial charge is 0.478 e. The zero-order valence-corrected chi connectivity index (χ0v) is 10.5. The quantitative estimate of drug-likeness (QED) is 0.602. The monoisotopic (exact) mass is 271 g/mol. The van der Waals surface area contributed by atoms with Crippen LogP contribution in [0.1, 0.15) is 17.3 Å². The number of amides is 1. The van der Waals surface area contributed by atoms with E-state index in [2.05, 4.69) is 10.6 Å². The van der Waals surface area contributed by atoms with Crippen molar-refractivity contribution in [2.45, 2.75) is 6.92 Å². The fourth-order valence-electron chi connectivity index (χ4n) is 1.40. The van der Waals surface area contributed by atoms with Crippen molar-refractivity contribution in [1.82, 2.24) is 5.32 Å². The highest BCUT2D eigenvalue weighted by Gasteiger charge is 2.15. The van der Waals surface area contributed by atoms with Gasteiger partial charge in [-0.3, -0.25) is 4.79 Å². The van der Waals surface area contributed by atoms with Crippen LogP contribution in [-0.2, 0) is 4.79 Å². The highest BCUT2D eigenvalue weighted by atomic mass is 35.5. The summed E-state index contributed by atoms with van der Waals surface area (Å²) in [5.74, 6) is -1.41. The lowest BCUT2D eigenvalue weighted by atomic mass is 10.1. The van der Waals surface area contributed by atoms with E-state index in [0.717, 1.165) is 0 Å². The number of nitrogens with one attached hydrogen (secondary N) is 2. The molecule has 0 unspecified atom stereocenters. The minimum absolute atomic E-state index is 0.0578. The summed E-state index contributed by atoms with van der Waals surface area (Å²) in [4.78, 5) is 22.3. The van der Waals surface area contributed by atoms with Crippen molar-refractivity contribution in [2.75, 3.05) is 24.1 Å². The summed E-state index contributed by atoms with van der Waals surface area (Å²) in [6.45, 7) is 2.23. The average molecular weight is 272 g/mol. The van der Waals surface area contributed by atoms with E-state index in [4.69, 9.17) is 22.4 Å². The topological polar surface area (TPSA) is 104 Å². The first-order valence-corrected chi connectivity index (χ1v) is 5.66. The van der Waals surface area contributed by atoms with Crippen LogP contribution in [0.3, 0.4) is 0 Å². The molecular formula is C11H14ClN3O3. The SMILES string of the molecule is CCNC(=O)CNc1c(Cl)cc(N)cc1C(=O)O. The summed E-state index contributed by atoms with van der Waals surface area (Å²) < 4.78 is 0. The number of carbonyl (C=O) groups excluding carboxylic acids is 1. The Morgan fingerprint density at radius 3 is 2.67 bits per heavy atom. The van der Waals surface area contributed by atoms with Crippen LogP contribution in [0, 0.1) is 0 Å². The van der Waals surface area contributed by atoms with Crippen molar-refractivity contribution >= 4 is 34.9 Å². The number of benzene rings is 1. The molecule has 18 heavy (non-hydrogen) atoms. The van der Waals surface area contributed by atoms with Crippen molar-refractivity contribution in [3.8, 4) is 0 Å². The van der Waals surface area contributed by atoms with Crippen LogP contribution in [0.25, 0.3) is 0 Å². The summed E-state index contributed by atoms with van der Waals surface area (Å²) in [6, 6.07) is 2.71. The van der Waals surface area contributed by atoms with Gasteiger partial charge in [-0.25, -0.2) is 4.79 Å². The van der Waals surface area contributed by atoms with E-state index in [1.807, 2.05) is 0 Å². The molecule has 1 aromatic carbocycles. The summed E-state index contributed by atoms with van der Waals surface area (Å²) in [7, 11) is 0. The Balaban J connectivity index is 2.93. The fourth-order valence-corrected chi connectivity index (χ4v) is 1.70. The number of aromatic carboxylic acids is 1. The number of carbonyl (C=O) groups is 2. The zero-order chi connectivity index (χ0) is 13.7. The van der Waals surface area contributed by atoms with E-state index in [9.17, 15) is 9.59 Å². The number of hydrogen-bond donors (Lipinski definition) is 4. The molecule has 1 aromatic rings. The fraction of sp³-hybridized carbons (Fsp3) is 0.273. The molecule has 0 radical (unpaired) electrons. The number of hydrogen-bond acceptors (Lipinski definition) is 4. The molecule has 98 valence electrons. The van der Waals surface area contributed by atoms with Gasteiger partial charge in [0.2, 0.25) is 5.91 Å². The van der Waals surface area contributed by atoms with Crippen LogP contribution in [-0.4, -0.2) is 30.1 Å². The maximum Gasteiger partial charge on any atom is 0.337 e. The number of carboxylic acids is 1. The Morgan fingerprint density at radius 2 is 2.11 bits per heavy atom. The Hall–Kier alpha value is -1.95. The predicted molar refractivity (Wildman–Crippen MR) is 70.0 cm³/mol. The van der Waals surface area contributed by atoms with Gasteiger partial charge in [-0.2, -0.15) is 0 Å². The molecule has 0 saturated carbocycles. The predicted octanol–water partition coefficient (Wildman–Crippen LogP) is 1.17. The third-order valence-electron chi connectivity index (χ3n) is 2.14. The van der Waals surface area contributed by atoms with Gasteiger partial charge in [0.15, 0.2) is 0 Å². The maximum absolute atomic E-state index is 11.3. The van der Waals surface area contributed by atoms with Crippen LogP contribution < -0.4 is 16.4 Å². The third kappa shape index (κ3) is 3.53. The lowest BCUT2D eigenvalue weighted by molar-refractivity contribution is -0.119. The molecule has 0 atom stereocenters. The number of rotatable bonds is 5. The molecule has 0 bridgehead atoms. The summed E-state index contributed by atoms with van der Waals surface area (Å²) in [6.07, 6.45) is 0. The van der Waals surface area contributed by atoms with Gasteiger partial charge >= 0.3 is 5.97 Å². The Kier molecular flexibility index (Phi) is 4.79. The van der Waals surface area contributed by atoms with Crippen LogP contribution in [0.15, 0.2) is 12.1 Å². The maximum atomic E-state index is 11.3. The van der Waals surface area contributed by atoms with Gasteiger partial charge in [0.25, 0.3) is 0 Å². The van der Waals surface area contributed by atoms with E-state index in [-0.39, 0.29) is 34.4 Å². The summed E-state index contributed by atoms with van der Waals surface area (Å²) in [5.41, 5.74) is 5.89. The second-order valence-corrected chi connectivity index (χ2v) is 3.94. The van der Waals surface area contributed by atoms with Crippen molar-refractivity contribution in [3.63, 3.8) is 0 Å². The summed E-state index contributed by atoms with van der Waals surface area (Å²) in [5, 5.41) is 14.5. The molecule has 0 fully saturated rings. The van der Waals surface area contributed by atoms with Crippen LogP contribution >= 0.6 is 11.6 Å². The summed E-state index contributed by atoms with van der Waals surface area (Å²) >= 11 is 5.90. The minimum atomic E-state index is -1.16. The Labute approximate surface area is 109 Å². The Bertz CT molecular complexity index is 477. The van der Waals surface area contributed by atoms with Gasteiger partial charge in [-0.15, -0.1) is 0 Å². The molecule has 1 rings (SSSR count). The normalized spacial score (nSPS) is 9.89. The van der Waals surface area contributed by atoms with Crippen molar-refractivity contribution < 1.29 is 14.7 Å². The molecule has 0 aliphatic heterocycles. The van der Waals surface area contributed by atoms with Crippen LogP contribution in [0.2, 0.25) is 5.02 Å². The van der Waals surface area contributed by atoms with E-state index < -0.39 is 5.97 Å². The van der Waals surface area contributed by atoms with E-state index >= 15 is 0 Å². The van der Waals surface area contributed by atoms with Crippen LogP contribution in [0.5, 0.6) is 0 Å². The van der Waals surface area contributed by atoms with Gasteiger partial charge in [0, 0.05) is 12.2 Å². The first-order chi connectivity index (χ1) is 8.45. The minimum Gasteiger partial charge on any atom is -0.478 e. The van der Waals surface area contributed by atoms with Crippen LogP contribution in [0.4, 0.5) is 11.4 Å². The number of carboxylic acid groups (broad SMARTS) is 1. The number of nitrogens with two attached hydrogens (primary N) is 1. The highest BCUT2D eigenvalue weighted by Crippen LogP contribution is 2.29. The molecule has 0 aliphatic carbocycles. The Morgan fingerprint density at radius 1 is 1.44 bits per heavy atom. The van der Waals surface area contributed by atoms with Gasteiger partial charge in [0.05, 0.1) is 22.8 Å².